The van der Waals surface area contributed by atoms with Gasteiger partial charge in [0, 0.05) is 12.8 Å². The van der Waals surface area contributed by atoms with Crippen molar-refractivity contribution in [3.05, 3.63) is 11.6 Å². The fraction of sp³-hybridized carbons (Fsp3) is 0.778. The average molecular weight is 272 g/mol. The normalized spacial score (nSPS) is 47.4. The van der Waals surface area contributed by atoms with E-state index in [-0.39, 0.29) is 11.6 Å². The lowest BCUT2D eigenvalue weighted by Gasteiger charge is -2.52. The Morgan fingerprint density at radius 3 is 2.65 bits per heavy atom. The molecule has 2 nitrogen and oxygen atoms in total. The quantitative estimate of drug-likeness (QED) is 0.498. The molecule has 4 aliphatic rings. The highest BCUT2D eigenvalue weighted by Crippen LogP contribution is 2.59. The number of ketones is 2. The predicted octanol–water partition coefficient (Wildman–Crippen LogP) is 3.70. The van der Waals surface area contributed by atoms with Gasteiger partial charge in [0.1, 0.15) is 0 Å². The highest BCUT2D eigenvalue weighted by molar-refractivity contribution is 6.37. The number of carbonyl (C=O) groups is 2. The molecule has 0 saturated heterocycles. The lowest BCUT2D eigenvalue weighted by Crippen LogP contribution is -2.46. The van der Waals surface area contributed by atoms with Crippen LogP contribution in [-0.4, -0.2) is 11.6 Å². The van der Waals surface area contributed by atoms with Crippen LogP contribution in [0.3, 0.4) is 0 Å². The molecule has 0 N–H and O–H groups in total. The van der Waals surface area contributed by atoms with Crippen molar-refractivity contribution >= 4 is 11.6 Å². The standard InChI is InChI=1S/C18H24O2/c1-18-7-2-3-15(18)13-5-4-11-9-16(19)17(20)10-14(11)12(13)6-8-18/h3,11-14H,2,4-10H2,1H3/t11?,12-,13+,14-,18-/m0/s1. The molecule has 0 bridgehead atoms. The number of carbonyl (C=O) groups excluding carboxylic acids is 2. The summed E-state index contributed by atoms with van der Waals surface area (Å²) >= 11 is 0. The fourth-order valence-electron chi connectivity index (χ4n) is 5.81. The number of hydrogen-bond acceptors (Lipinski definition) is 2. The van der Waals surface area contributed by atoms with E-state index in [9.17, 15) is 9.59 Å². The summed E-state index contributed by atoms with van der Waals surface area (Å²) in [6, 6.07) is 0. The van der Waals surface area contributed by atoms with Crippen molar-refractivity contribution in [2.24, 2.45) is 29.1 Å². The minimum Gasteiger partial charge on any atom is -0.291 e. The van der Waals surface area contributed by atoms with Gasteiger partial charge in [-0.1, -0.05) is 18.6 Å². The van der Waals surface area contributed by atoms with Crippen LogP contribution in [0.2, 0.25) is 0 Å². The van der Waals surface area contributed by atoms with Gasteiger partial charge in [0.25, 0.3) is 0 Å². The molecule has 5 atom stereocenters. The summed E-state index contributed by atoms with van der Waals surface area (Å²) in [6.07, 6.45) is 11.2. The van der Waals surface area contributed by atoms with Crippen molar-refractivity contribution in [2.45, 2.75) is 58.3 Å². The van der Waals surface area contributed by atoms with Gasteiger partial charge in [0.05, 0.1) is 0 Å². The van der Waals surface area contributed by atoms with Crippen LogP contribution in [0.15, 0.2) is 11.6 Å². The Morgan fingerprint density at radius 2 is 1.80 bits per heavy atom. The molecule has 0 heterocycles. The second-order valence-corrected chi connectivity index (χ2v) is 7.82. The molecule has 3 fully saturated rings. The van der Waals surface area contributed by atoms with Gasteiger partial charge >= 0.3 is 0 Å². The molecular weight excluding hydrogens is 248 g/mol. The van der Waals surface area contributed by atoms with Gasteiger partial charge < -0.3 is 0 Å². The highest BCUT2D eigenvalue weighted by atomic mass is 16.2. The third-order valence-electron chi connectivity index (χ3n) is 6.89. The van der Waals surface area contributed by atoms with Crippen molar-refractivity contribution in [3.8, 4) is 0 Å². The van der Waals surface area contributed by atoms with Crippen LogP contribution in [-0.2, 0) is 9.59 Å². The molecule has 0 aliphatic heterocycles. The SMILES string of the molecule is C[C@@]12CCC=C1[C@@H]1CCC3CC(=O)C(=O)C[C@@H]3[C@H]1CC2. The molecule has 2 heteroatoms. The van der Waals surface area contributed by atoms with Gasteiger partial charge in [0.15, 0.2) is 11.6 Å². The topological polar surface area (TPSA) is 34.1 Å². The summed E-state index contributed by atoms with van der Waals surface area (Å²) in [5, 5.41) is 0. The van der Waals surface area contributed by atoms with E-state index in [1.54, 1.807) is 5.57 Å². The first-order valence-electron chi connectivity index (χ1n) is 8.35. The number of hydrogen-bond donors (Lipinski definition) is 0. The molecule has 1 unspecified atom stereocenters. The van der Waals surface area contributed by atoms with Crippen LogP contribution < -0.4 is 0 Å². The van der Waals surface area contributed by atoms with Crippen molar-refractivity contribution < 1.29 is 9.59 Å². The molecule has 0 spiro atoms. The zero-order valence-corrected chi connectivity index (χ0v) is 12.4. The van der Waals surface area contributed by atoms with Crippen LogP contribution in [0.5, 0.6) is 0 Å². The van der Waals surface area contributed by atoms with Crippen LogP contribution in [0.25, 0.3) is 0 Å². The van der Waals surface area contributed by atoms with E-state index in [4.69, 9.17) is 0 Å². The Hall–Kier alpha value is -0.920. The summed E-state index contributed by atoms with van der Waals surface area (Å²) in [4.78, 5) is 23.5. The zero-order valence-electron chi connectivity index (χ0n) is 12.4. The summed E-state index contributed by atoms with van der Waals surface area (Å²) in [7, 11) is 0. The van der Waals surface area contributed by atoms with E-state index in [0.717, 1.165) is 12.3 Å². The Morgan fingerprint density at radius 1 is 1.00 bits per heavy atom. The number of allylic oxidation sites excluding steroid dienone is 2. The molecule has 20 heavy (non-hydrogen) atoms. The van der Waals surface area contributed by atoms with Crippen LogP contribution in [0.1, 0.15) is 58.3 Å². The highest BCUT2D eigenvalue weighted by Gasteiger charge is 2.51. The van der Waals surface area contributed by atoms with Crippen LogP contribution in [0, 0.1) is 29.1 Å². The Bertz CT molecular complexity index is 504. The molecule has 4 rings (SSSR count). The molecule has 4 aliphatic carbocycles. The number of rotatable bonds is 0. The first-order chi connectivity index (χ1) is 9.58. The minimum atomic E-state index is -0.0922. The first kappa shape index (κ1) is 12.8. The fourth-order valence-corrected chi connectivity index (χ4v) is 5.81. The maximum atomic E-state index is 11.9. The number of Topliss-reactive ketones (excluding diaryl/α,β-unsaturated/α-hetero) is 2. The molecule has 3 saturated carbocycles. The van der Waals surface area contributed by atoms with E-state index in [1.807, 2.05) is 0 Å². The predicted molar refractivity (Wildman–Crippen MR) is 77.1 cm³/mol. The van der Waals surface area contributed by atoms with Crippen LogP contribution in [0.4, 0.5) is 0 Å². The average Bonchev–Trinajstić information content (AvgIpc) is 2.82. The van der Waals surface area contributed by atoms with Gasteiger partial charge in [-0.25, -0.2) is 0 Å². The van der Waals surface area contributed by atoms with Crippen molar-refractivity contribution in [1.29, 1.82) is 0 Å². The lowest BCUT2D eigenvalue weighted by molar-refractivity contribution is -0.143. The first-order valence-corrected chi connectivity index (χ1v) is 8.35. The summed E-state index contributed by atoms with van der Waals surface area (Å²) in [5.74, 6) is 2.24. The van der Waals surface area contributed by atoms with Crippen molar-refractivity contribution in [3.63, 3.8) is 0 Å². The Labute approximate surface area is 121 Å². The Balaban J connectivity index is 1.63. The lowest BCUT2D eigenvalue weighted by atomic mass is 9.52. The van der Waals surface area contributed by atoms with E-state index >= 15 is 0 Å². The zero-order chi connectivity index (χ0) is 13.9. The summed E-state index contributed by atoms with van der Waals surface area (Å²) < 4.78 is 0. The summed E-state index contributed by atoms with van der Waals surface area (Å²) in [5.41, 5.74) is 2.18. The summed E-state index contributed by atoms with van der Waals surface area (Å²) in [6.45, 7) is 2.45. The van der Waals surface area contributed by atoms with Gasteiger partial charge in [0.2, 0.25) is 0 Å². The molecule has 0 radical (unpaired) electrons. The van der Waals surface area contributed by atoms with E-state index in [0.29, 0.717) is 36.0 Å². The molecule has 0 amide bonds. The second kappa shape index (κ2) is 4.29. The van der Waals surface area contributed by atoms with E-state index in [1.165, 1.54) is 32.1 Å². The van der Waals surface area contributed by atoms with Gasteiger partial charge in [-0.2, -0.15) is 0 Å². The number of fused-ring (bicyclic) bond motifs is 5. The van der Waals surface area contributed by atoms with Gasteiger partial charge in [-0.05, 0) is 67.6 Å². The second-order valence-electron chi connectivity index (χ2n) is 7.82. The van der Waals surface area contributed by atoms with Gasteiger partial charge in [-0.3, -0.25) is 9.59 Å². The van der Waals surface area contributed by atoms with Crippen molar-refractivity contribution in [1.82, 2.24) is 0 Å². The molecule has 0 aromatic heterocycles. The molecule has 0 aromatic carbocycles. The van der Waals surface area contributed by atoms with E-state index < -0.39 is 0 Å². The molecule has 0 aromatic rings. The third kappa shape index (κ3) is 1.69. The van der Waals surface area contributed by atoms with Crippen LogP contribution >= 0.6 is 0 Å². The maximum absolute atomic E-state index is 11.9. The van der Waals surface area contributed by atoms with Crippen molar-refractivity contribution in [2.75, 3.05) is 0 Å². The smallest absolute Gasteiger partial charge is 0.198 e. The maximum Gasteiger partial charge on any atom is 0.198 e. The Kier molecular flexibility index (Phi) is 2.74. The molecular formula is C18H24O2. The van der Waals surface area contributed by atoms with E-state index in [2.05, 4.69) is 13.0 Å². The minimum absolute atomic E-state index is 0.0827. The largest absolute Gasteiger partial charge is 0.291 e. The monoisotopic (exact) mass is 272 g/mol. The molecule has 108 valence electrons. The third-order valence-corrected chi connectivity index (χ3v) is 6.89. The van der Waals surface area contributed by atoms with Gasteiger partial charge in [-0.15, -0.1) is 0 Å².